The number of nitrogens with two attached hydrogens (primary N) is 1. The van der Waals surface area contributed by atoms with Crippen LogP contribution in [-0.4, -0.2) is 28.6 Å². The fraction of sp³-hybridized carbons (Fsp3) is 0.364. The Morgan fingerprint density at radius 2 is 2.28 bits per heavy atom. The van der Waals surface area contributed by atoms with E-state index in [1.165, 1.54) is 12.1 Å². The Morgan fingerprint density at radius 1 is 1.61 bits per heavy atom. The molecule has 0 amide bonds. The number of ether oxygens (including phenoxy) is 1. The lowest BCUT2D eigenvalue weighted by molar-refractivity contribution is -0.386. The van der Waals surface area contributed by atoms with Gasteiger partial charge in [-0.1, -0.05) is 6.07 Å². The van der Waals surface area contributed by atoms with Crippen LogP contribution in [0.4, 0.5) is 5.69 Å². The Kier molecular flexibility index (Phi) is 4.61. The number of nitro benzene ring substituents is 1. The first-order valence-electron chi connectivity index (χ1n) is 5.30. The summed E-state index contributed by atoms with van der Waals surface area (Å²) in [5, 5.41) is 19.7. The molecule has 0 saturated carbocycles. The molecular formula is C11H14N2O5. The van der Waals surface area contributed by atoms with E-state index in [2.05, 4.69) is 0 Å². The van der Waals surface area contributed by atoms with Gasteiger partial charge in [-0.2, -0.15) is 0 Å². The Hall–Kier alpha value is -2.15. The van der Waals surface area contributed by atoms with Crippen LogP contribution in [0.25, 0.3) is 0 Å². The van der Waals surface area contributed by atoms with E-state index < -0.39 is 17.0 Å². The Balaban J connectivity index is 3.01. The van der Waals surface area contributed by atoms with Crippen molar-refractivity contribution < 1.29 is 19.6 Å². The minimum absolute atomic E-state index is 0.0635. The number of carbonyl (C=O) groups is 1. The SMILES string of the molecule is Cc1ccc(OC(CCN)C(=O)O)c([N+](=O)[O-])c1. The van der Waals surface area contributed by atoms with E-state index in [9.17, 15) is 14.9 Å². The number of aliphatic carboxylic acids is 1. The van der Waals surface area contributed by atoms with Crippen molar-refractivity contribution in [1.82, 2.24) is 0 Å². The number of aryl methyl sites for hydroxylation is 1. The van der Waals surface area contributed by atoms with Crippen LogP contribution in [0.2, 0.25) is 0 Å². The van der Waals surface area contributed by atoms with Crippen LogP contribution in [-0.2, 0) is 4.79 Å². The van der Waals surface area contributed by atoms with Crippen LogP contribution in [0.1, 0.15) is 12.0 Å². The Morgan fingerprint density at radius 3 is 2.78 bits per heavy atom. The van der Waals surface area contributed by atoms with Gasteiger partial charge in [0.1, 0.15) is 0 Å². The van der Waals surface area contributed by atoms with E-state index >= 15 is 0 Å². The maximum Gasteiger partial charge on any atom is 0.344 e. The van der Waals surface area contributed by atoms with Gasteiger partial charge in [-0.15, -0.1) is 0 Å². The lowest BCUT2D eigenvalue weighted by Gasteiger charge is -2.14. The molecule has 98 valence electrons. The van der Waals surface area contributed by atoms with Gasteiger partial charge in [-0.05, 0) is 25.1 Å². The maximum atomic E-state index is 10.9. The maximum absolute atomic E-state index is 10.9. The summed E-state index contributed by atoms with van der Waals surface area (Å²) >= 11 is 0. The topological polar surface area (TPSA) is 116 Å². The van der Waals surface area contributed by atoms with Crippen LogP contribution in [0.5, 0.6) is 5.75 Å². The van der Waals surface area contributed by atoms with Gasteiger partial charge in [0.05, 0.1) is 4.92 Å². The van der Waals surface area contributed by atoms with E-state index in [0.717, 1.165) is 0 Å². The molecular weight excluding hydrogens is 240 g/mol. The van der Waals surface area contributed by atoms with E-state index in [0.29, 0.717) is 5.56 Å². The van der Waals surface area contributed by atoms with Gasteiger partial charge >= 0.3 is 11.7 Å². The molecule has 0 aromatic heterocycles. The summed E-state index contributed by atoms with van der Waals surface area (Å²) in [6.45, 7) is 1.82. The lowest BCUT2D eigenvalue weighted by atomic mass is 10.2. The lowest BCUT2D eigenvalue weighted by Crippen LogP contribution is -2.29. The summed E-state index contributed by atoms with van der Waals surface area (Å²) in [7, 11) is 0. The second kappa shape index (κ2) is 5.97. The minimum atomic E-state index is -1.20. The molecule has 0 saturated heterocycles. The number of benzene rings is 1. The van der Waals surface area contributed by atoms with Crippen molar-refractivity contribution in [3.8, 4) is 5.75 Å². The first-order valence-corrected chi connectivity index (χ1v) is 5.30. The predicted molar refractivity (Wildman–Crippen MR) is 63.6 cm³/mol. The third kappa shape index (κ3) is 3.42. The molecule has 1 atom stereocenters. The molecule has 7 nitrogen and oxygen atoms in total. The quantitative estimate of drug-likeness (QED) is 0.579. The Labute approximate surface area is 103 Å². The third-order valence-corrected chi connectivity index (χ3v) is 2.28. The van der Waals surface area contributed by atoms with E-state index in [1.807, 2.05) is 0 Å². The van der Waals surface area contributed by atoms with Gasteiger partial charge < -0.3 is 15.6 Å². The Bertz CT molecular complexity index is 461. The van der Waals surface area contributed by atoms with Crippen LogP contribution in [0.15, 0.2) is 18.2 Å². The van der Waals surface area contributed by atoms with Crippen LogP contribution in [0, 0.1) is 17.0 Å². The average Bonchev–Trinajstić information content (AvgIpc) is 2.30. The molecule has 1 aromatic carbocycles. The number of hydrogen-bond donors (Lipinski definition) is 2. The fourth-order valence-electron chi connectivity index (χ4n) is 1.41. The minimum Gasteiger partial charge on any atom is -0.479 e. The van der Waals surface area contributed by atoms with Crippen molar-refractivity contribution in [2.45, 2.75) is 19.4 Å². The van der Waals surface area contributed by atoms with Crippen LogP contribution >= 0.6 is 0 Å². The van der Waals surface area contributed by atoms with Crippen molar-refractivity contribution >= 4 is 11.7 Å². The molecule has 18 heavy (non-hydrogen) atoms. The molecule has 1 aromatic rings. The largest absolute Gasteiger partial charge is 0.479 e. The van der Waals surface area contributed by atoms with Crippen molar-refractivity contribution in [2.75, 3.05) is 6.54 Å². The highest BCUT2D eigenvalue weighted by Gasteiger charge is 2.23. The summed E-state index contributed by atoms with van der Waals surface area (Å²) in [4.78, 5) is 21.1. The molecule has 0 heterocycles. The second-order valence-electron chi connectivity index (χ2n) is 3.75. The monoisotopic (exact) mass is 254 g/mol. The molecule has 0 aliphatic heterocycles. The number of nitro groups is 1. The van der Waals surface area contributed by atoms with Crippen molar-refractivity contribution in [3.05, 3.63) is 33.9 Å². The highest BCUT2D eigenvalue weighted by molar-refractivity contribution is 5.73. The first kappa shape index (κ1) is 13.9. The molecule has 0 aliphatic rings. The summed E-state index contributed by atoms with van der Waals surface area (Å²) in [5.41, 5.74) is 5.71. The smallest absolute Gasteiger partial charge is 0.344 e. The summed E-state index contributed by atoms with van der Waals surface area (Å²) in [6, 6.07) is 4.33. The zero-order chi connectivity index (χ0) is 13.7. The van der Waals surface area contributed by atoms with Crippen molar-refractivity contribution in [2.24, 2.45) is 5.73 Å². The zero-order valence-electron chi connectivity index (χ0n) is 9.83. The van der Waals surface area contributed by atoms with Gasteiger partial charge in [0.2, 0.25) is 0 Å². The molecule has 0 aliphatic carbocycles. The number of hydrogen-bond acceptors (Lipinski definition) is 5. The standard InChI is InChI=1S/C11H14N2O5/c1-7-2-3-9(8(6-7)13(16)17)18-10(4-5-12)11(14)15/h2-3,6,10H,4-5,12H2,1H3,(H,14,15). The normalized spacial score (nSPS) is 11.9. The molecule has 0 radical (unpaired) electrons. The number of carboxylic acids is 1. The summed E-state index contributed by atoms with van der Waals surface area (Å²) in [6.07, 6.45) is -1.10. The molecule has 0 spiro atoms. The molecule has 0 bridgehead atoms. The third-order valence-electron chi connectivity index (χ3n) is 2.28. The number of rotatable bonds is 6. The molecule has 7 heteroatoms. The van der Waals surface area contributed by atoms with Gasteiger partial charge in [0, 0.05) is 12.5 Å². The van der Waals surface area contributed by atoms with Crippen LogP contribution in [0.3, 0.4) is 0 Å². The molecule has 1 rings (SSSR count). The molecule has 0 fully saturated rings. The van der Waals surface area contributed by atoms with Gasteiger partial charge in [-0.25, -0.2) is 4.79 Å². The molecule has 3 N–H and O–H groups in total. The van der Waals surface area contributed by atoms with Crippen LogP contribution < -0.4 is 10.5 Å². The van der Waals surface area contributed by atoms with E-state index in [-0.39, 0.29) is 24.4 Å². The van der Waals surface area contributed by atoms with Gasteiger partial charge in [0.15, 0.2) is 11.9 Å². The summed E-state index contributed by atoms with van der Waals surface area (Å²) < 4.78 is 5.14. The fourth-order valence-corrected chi connectivity index (χ4v) is 1.41. The highest BCUT2D eigenvalue weighted by atomic mass is 16.6. The van der Waals surface area contributed by atoms with Gasteiger partial charge in [0.25, 0.3) is 0 Å². The summed E-state index contributed by atoms with van der Waals surface area (Å²) in [5.74, 6) is -1.26. The predicted octanol–water partition coefficient (Wildman–Crippen LogP) is 1.08. The van der Waals surface area contributed by atoms with Crippen molar-refractivity contribution in [1.29, 1.82) is 0 Å². The zero-order valence-corrected chi connectivity index (χ0v) is 9.83. The number of nitrogens with zero attached hydrogens (tertiary/aromatic N) is 1. The first-order chi connectivity index (χ1) is 8.45. The highest BCUT2D eigenvalue weighted by Crippen LogP contribution is 2.28. The second-order valence-corrected chi connectivity index (χ2v) is 3.75. The molecule has 1 unspecified atom stereocenters. The van der Waals surface area contributed by atoms with Gasteiger partial charge in [-0.3, -0.25) is 10.1 Å². The van der Waals surface area contributed by atoms with E-state index in [4.69, 9.17) is 15.6 Å². The van der Waals surface area contributed by atoms with Crippen molar-refractivity contribution in [3.63, 3.8) is 0 Å². The average molecular weight is 254 g/mol. The number of carboxylic acid groups (broad SMARTS) is 1. The van der Waals surface area contributed by atoms with E-state index in [1.54, 1.807) is 13.0 Å².